The molecule has 1 saturated heterocycles. The van der Waals surface area contributed by atoms with Gasteiger partial charge in [-0.05, 0) is 47.6 Å². The molecule has 0 radical (unpaired) electrons. The molecule has 0 saturated carbocycles. The van der Waals surface area contributed by atoms with E-state index in [-0.39, 0.29) is 15.9 Å². The minimum Gasteiger partial charge on any atom is -0.267 e. The predicted octanol–water partition coefficient (Wildman–Crippen LogP) is 3.53. The van der Waals surface area contributed by atoms with Gasteiger partial charge in [-0.1, -0.05) is 51.1 Å². The lowest BCUT2D eigenvalue weighted by Crippen LogP contribution is -2.28. The first-order valence-electron chi connectivity index (χ1n) is 9.72. The van der Waals surface area contributed by atoms with Crippen LogP contribution in [0.2, 0.25) is 0 Å². The molecule has 0 atom stereocenters. The van der Waals surface area contributed by atoms with Crippen LogP contribution in [-0.2, 0) is 15.4 Å². The van der Waals surface area contributed by atoms with Crippen molar-refractivity contribution in [2.24, 2.45) is 5.10 Å². The summed E-state index contributed by atoms with van der Waals surface area (Å²) in [6.07, 6.45) is 3.30. The van der Waals surface area contributed by atoms with Gasteiger partial charge in [-0.25, -0.2) is 13.8 Å². The van der Waals surface area contributed by atoms with E-state index in [4.69, 9.17) is 0 Å². The fraction of sp³-hybridized carbons (Fsp3) is 0.364. The molecule has 3 rings (SSSR count). The lowest BCUT2D eigenvalue weighted by atomic mass is 9.87. The fourth-order valence-electron chi connectivity index (χ4n) is 3.17. The lowest BCUT2D eigenvalue weighted by Gasteiger charge is -2.18. The van der Waals surface area contributed by atoms with Crippen LogP contribution in [0.1, 0.15) is 55.1 Å². The molecule has 0 spiro atoms. The van der Waals surface area contributed by atoms with E-state index in [0.717, 1.165) is 18.4 Å². The van der Waals surface area contributed by atoms with Crippen molar-refractivity contribution in [2.45, 2.75) is 43.9 Å². The third-order valence-electron chi connectivity index (χ3n) is 4.96. The molecule has 0 bridgehead atoms. The maximum Gasteiger partial charge on any atom is 0.271 e. The Morgan fingerprint density at radius 1 is 1.07 bits per heavy atom. The second-order valence-corrected chi connectivity index (χ2v) is 10.1. The van der Waals surface area contributed by atoms with Gasteiger partial charge in [-0.2, -0.15) is 9.41 Å². The van der Waals surface area contributed by atoms with Crippen LogP contribution < -0.4 is 5.43 Å². The molecule has 7 heteroatoms. The molecule has 1 aliphatic heterocycles. The third kappa shape index (κ3) is 5.10. The van der Waals surface area contributed by atoms with Crippen LogP contribution in [0.15, 0.2) is 58.5 Å². The molecule has 0 unspecified atom stereocenters. The lowest BCUT2D eigenvalue weighted by molar-refractivity contribution is 0.0955. The molecule has 6 nitrogen and oxygen atoms in total. The monoisotopic (exact) mass is 413 g/mol. The molecule has 1 aliphatic rings. The highest BCUT2D eigenvalue weighted by atomic mass is 32.2. The van der Waals surface area contributed by atoms with Crippen LogP contribution in [0.25, 0.3) is 0 Å². The van der Waals surface area contributed by atoms with Crippen LogP contribution in [0.3, 0.4) is 0 Å². The van der Waals surface area contributed by atoms with Crippen molar-refractivity contribution in [1.82, 2.24) is 9.73 Å². The van der Waals surface area contributed by atoms with Gasteiger partial charge < -0.3 is 0 Å². The van der Waals surface area contributed by atoms with Crippen molar-refractivity contribution in [1.29, 1.82) is 0 Å². The summed E-state index contributed by atoms with van der Waals surface area (Å²) in [6, 6.07) is 14.0. The molecule has 1 N–H and O–H groups in total. The van der Waals surface area contributed by atoms with Gasteiger partial charge in [0.1, 0.15) is 0 Å². The minimum atomic E-state index is -3.56. The van der Waals surface area contributed by atoms with E-state index in [1.807, 2.05) is 24.3 Å². The average Bonchev–Trinajstić information content (AvgIpc) is 3.23. The highest BCUT2D eigenvalue weighted by Gasteiger charge is 2.27. The molecular weight excluding hydrogens is 386 g/mol. The fourth-order valence-corrected chi connectivity index (χ4v) is 4.74. The van der Waals surface area contributed by atoms with Crippen LogP contribution in [0.5, 0.6) is 0 Å². The van der Waals surface area contributed by atoms with Gasteiger partial charge in [0, 0.05) is 18.7 Å². The number of benzene rings is 2. The van der Waals surface area contributed by atoms with Crippen molar-refractivity contribution in [2.75, 3.05) is 13.1 Å². The van der Waals surface area contributed by atoms with Crippen molar-refractivity contribution in [3.05, 3.63) is 65.2 Å². The van der Waals surface area contributed by atoms with Gasteiger partial charge in [-0.3, -0.25) is 4.79 Å². The first-order valence-corrected chi connectivity index (χ1v) is 11.2. The molecule has 2 aromatic rings. The quantitative estimate of drug-likeness (QED) is 0.602. The Morgan fingerprint density at radius 3 is 2.34 bits per heavy atom. The van der Waals surface area contributed by atoms with Gasteiger partial charge >= 0.3 is 0 Å². The molecule has 1 fully saturated rings. The smallest absolute Gasteiger partial charge is 0.267 e. The van der Waals surface area contributed by atoms with Crippen molar-refractivity contribution in [3.8, 4) is 0 Å². The van der Waals surface area contributed by atoms with Gasteiger partial charge in [0.15, 0.2) is 0 Å². The Kier molecular flexibility index (Phi) is 6.19. The van der Waals surface area contributed by atoms with E-state index in [1.54, 1.807) is 18.3 Å². The van der Waals surface area contributed by atoms with E-state index in [0.29, 0.717) is 13.1 Å². The molecule has 0 aliphatic carbocycles. The Hall–Kier alpha value is -2.51. The highest BCUT2D eigenvalue weighted by Crippen LogP contribution is 2.22. The average molecular weight is 414 g/mol. The number of amides is 1. The van der Waals surface area contributed by atoms with Crippen LogP contribution in [0, 0.1) is 0 Å². The summed E-state index contributed by atoms with van der Waals surface area (Å²) >= 11 is 0. The molecule has 1 heterocycles. The maximum absolute atomic E-state index is 12.7. The Labute approximate surface area is 172 Å². The summed E-state index contributed by atoms with van der Waals surface area (Å²) in [5.41, 5.74) is 4.87. The third-order valence-corrected chi connectivity index (χ3v) is 6.85. The summed E-state index contributed by atoms with van der Waals surface area (Å²) in [4.78, 5) is 12.5. The zero-order valence-corrected chi connectivity index (χ0v) is 17.9. The number of hydrogen-bond acceptors (Lipinski definition) is 4. The molecular formula is C22H27N3O3S. The standard InChI is InChI=1S/C22H27N3O3S/c1-22(2,3)19-11-9-17(10-12-19)16-23-24-21(26)18-7-6-8-20(15-18)29(27,28)25-13-4-5-14-25/h6-12,15-16H,4-5,13-14H2,1-3H3,(H,24,26)/b23-16+. The summed E-state index contributed by atoms with van der Waals surface area (Å²) in [5, 5.41) is 3.99. The summed E-state index contributed by atoms with van der Waals surface area (Å²) in [5.74, 6) is -0.453. The SMILES string of the molecule is CC(C)(C)c1ccc(/C=N/NC(=O)c2cccc(S(=O)(=O)N3CCCC3)c2)cc1. The zero-order chi connectivity index (χ0) is 21.1. The minimum absolute atomic E-state index is 0.0737. The van der Waals surface area contributed by atoms with Crippen molar-refractivity contribution >= 4 is 22.1 Å². The number of carbonyl (C=O) groups excluding carboxylic acids is 1. The number of carbonyl (C=O) groups is 1. The number of rotatable bonds is 5. The zero-order valence-electron chi connectivity index (χ0n) is 17.1. The number of sulfonamides is 1. The number of nitrogens with one attached hydrogen (secondary N) is 1. The summed E-state index contributed by atoms with van der Waals surface area (Å²) in [7, 11) is -3.56. The topological polar surface area (TPSA) is 78.8 Å². The highest BCUT2D eigenvalue weighted by molar-refractivity contribution is 7.89. The van der Waals surface area contributed by atoms with Gasteiger partial charge in [-0.15, -0.1) is 0 Å². The van der Waals surface area contributed by atoms with E-state index in [9.17, 15) is 13.2 Å². The second kappa shape index (κ2) is 8.47. The summed E-state index contributed by atoms with van der Waals surface area (Å²) < 4.78 is 26.8. The molecule has 0 aromatic heterocycles. The largest absolute Gasteiger partial charge is 0.271 e. The number of nitrogens with zero attached hydrogens (tertiary/aromatic N) is 2. The van der Waals surface area contributed by atoms with E-state index >= 15 is 0 Å². The Bertz CT molecular complexity index is 1000. The van der Waals surface area contributed by atoms with Crippen LogP contribution in [0.4, 0.5) is 0 Å². The van der Waals surface area contributed by atoms with Crippen LogP contribution in [-0.4, -0.2) is 37.9 Å². The molecule has 154 valence electrons. The van der Waals surface area contributed by atoms with E-state index in [1.165, 1.54) is 22.0 Å². The van der Waals surface area contributed by atoms with Crippen molar-refractivity contribution < 1.29 is 13.2 Å². The van der Waals surface area contributed by atoms with Crippen molar-refractivity contribution in [3.63, 3.8) is 0 Å². The predicted molar refractivity (Wildman–Crippen MR) is 115 cm³/mol. The Balaban J connectivity index is 1.67. The van der Waals surface area contributed by atoms with E-state index < -0.39 is 15.9 Å². The normalized spacial score (nSPS) is 15.7. The first kappa shape index (κ1) is 21.2. The van der Waals surface area contributed by atoms with Crippen LogP contribution >= 0.6 is 0 Å². The van der Waals surface area contributed by atoms with E-state index in [2.05, 4.69) is 31.3 Å². The number of hydrogen-bond donors (Lipinski definition) is 1. The summed E-state index contributed by atoms with van der Waals surface area (Å²) in [6.45, 7) is 7.49. The Morgan fingerprint density at radius 2 is 1.72 bits per heavy atom. The second-order valence-electron chi connectivity index (χ2n) is 8.21. The van der Waals surface area contributed by atoms with Gasteiger partial charge in [0.2, 0.25) is 10.0 Å². The molecule has 29 heavy (non-hydrogen) atoms. The first-order chi connectivity index (χ1) is 13.7. The number of hydrazone groups is 1. The molecule has 1 amide bonds. The van der Waals surface area contributed by atoms with Gasteiger partial charge in [0.05, 0.1) is 11.1 Å². The van der Waals surface area contributed by atoms with Gasteiger partial charge in [0.25, 0.3) is 5.91 Å². The molecule has 2 aromatic carbocycles. The maximum atomic E-state index is 12.7.